The first-order valence-corrected chi connectivity index (χ1v) is 6.61. The summed E-state index contributed by atoms with van der Waals surface area (Å²) >= 11 is 1.55. The maximum atomic E-state index is 11.8. The van der Waals surface area contributed by atoms with Crippen LogP contribution in [0.1, 0.15) is 10.7 Å². The number of nitrogens with zero attached hydrogens (tertiary/aromatic N) is 1. The van der Waals surface area contributed by atoms with Crippen LogP contribution in [-0.2, 0) is 4.79 Å². The minimum absolute atomic E-state index is 0.213. The Labute approximate surface area is 115 Å². The highest BCUT2D eigenvalue weighted by Crippen LogP contribution is 2.22. The van der Waals surface area contributed by atoms with E-state index in [1.165, 1.54) is 6.08 Å². The van der Waals surface area contributed by atoms with Gasteiger partial charge in [-0.05, 0) is 25.1 Å². The third-order valence-corrected chi connectivity index (χ3v) is 3.20. The summed E-state index contributed by atoms with van der Waals surface area (Å²) in [6, 6.07) is 7.27. The molecule has 1 heterocycles. The van der Waals surface area contributed by atoms with Gasteiger partial charge in [0, 0.05) is 11.5 Å². The van der Waals surface area contributed by atoms with E-state index in [1.54, 1.807) is 36.7 Å². The molecule has 0 spiro atoms. The van der Waals surface area contributed by atoms with Crippen molar-refractivity contribution in [1.29, 1.82) is 0 Å². The van der Waals surface area contributed by atoms with Crippen molar-refractivity contribution in [2.45, 2.75) is 6.92 Å². The molecular formula is C14H14N2O2S. The van der Waals surface area contributed by atoms with Crippen molar-refractivity contribution in [2.24, 2.45) is 0 Å². The van der Waals surface area contributed by atoms with E-state index in [-0.39, 0.29) is 5.91 Å². The number of carbonyl (C=O) groups excluding carboxylic acids is 1. The number of ether oxygens (including phenoxy) is 1. The fourth-order valence-electron chi connectivity index (χ4n) is 1.54. The van der Waals surface area contributed by atoms with Gasteiger partial charge in [0.05, 0.1) is 23.5 Å². The van der Waals surface area contributed by atoms with Gasteiger partial charge in [0.15, 0.2) is 0 Å². The number of rotatable bonds is 4. The van der Waals surface area contributed by atoms with E-state index >= 15 is 0 Å². The summed E-state index contributed by atoms with van der Waals surface area (Å²) in [6.07, 6.45) is 3.15. The lowest BCUT2D eigenvalue weighted by atomic mass is 10.3. The summed E-state index contributed by atoms with van der Waals surface area (Å²) in [5.41, 5.74) is 1.44. The second-order valence-electron chi connectivity index (χ2n) is 3.81. The standard InChI is InChI=1S/C14H14N2O2S/c1-10-15-11(9-19-10)7-8-14(17)16-12-5-3-4-6-13(12)18-2/h3-9H,1-2H3,(H,16,17). The summed E-state index contributed by atoms with van der Waals surface area (Å²) in [5.74, 6) is 0.420. The van der Waals surface area contributed by atoms with Crippen LogP contribution in [0.5, 0.6) is 5.75 Å². The van der Waals surface area contributed by atoms with Crippen LogP contribution in [-0.4, -0.2) is 18.0 Å². The van der Waals surface area contributed by atoms with E-state index in [2.05, 4.69) is 10.3 Å². The second kappa shape index (κ2) is 6.15. The number of aromatic nitrogens is 1. The normalized spacial score (nSPS) is 10.6. The minimum Gasteiger partial charge on any atom is -0.495 e. The molecule has 0 aliphatic rings. The van der Waals surface area contributed by atoms with E-state index in [0.29, 0.717) is 11.4 Å². The molecule has 1 N–H and O–H groups in total. The Morgan fingerprint density at radius 3 is 2.89 bits per heavy atom. The van der Waals surface area contributed by atoms with Crippen LogP contribution in [0.15, 0.2) is 35.7 Å². The van der Waals surface area contributed by atoms with Gasteiger partial charge in [0.25, 0.3) is 0 Å². The molecule has 2 aromatic rings. The number of amides is 1. The molecule has 0 bridgehead atoms. The molecule has 0 aliphatic carbocycles. The Morgan fingerprint density at radius 1 is 1.42 bits per heavy atom. The molecule has 0 aliphatic heterocycles. The zero-order chi connectivity index (χ0) is 13.7. The van der Waals surface area contributed by atoms with E-state index in [9.17, 15) is 4.79 Å². The Balaban J connectivity index is 2.03. The van der Waals surface area contributed by atoms with Gasteiger partial charge in [-0.15, -0.1) is 11.3 Å². The highest BCUT2D eigenvalue weighted by Gasteiger charge is 2.04. The zero-order valence-electron chi connectivity index (χ0n) is 10.7. The van der Waals surface area contributed by atoms with Crippen molar-refractivity contribution in [3.05, 3.63) is 46.4 Å². The molecule has 0 saturated carbocycles. The topological polar surface area (TPSA) is 51.2 Å². The van der Waals surface area contributed by atoms with E-state index < -0.39 is 0 Å². The van der Waals surface area contributed by atoms with Gasteiger partial charge in [-0.3, -0.25) is 4.79 Å². The predicted octanol–water partition coefficient (Wildman–Crippen LogP) is 3.11. The van der Waals surface area contributed by atoms with Crippen molar-refractivity contribution in [1.82, 2.24) is 4.98 Å². The number of benzene rings is 1. The van der Waals surface area contributed by atoms with E-state index in [0.717, 1.165) is 10.7 Å². The van der Waals surface area contributed by atoms with Crippen molar-refractivity contribution in [2.75, 3.05) is 12.4 Å². The summed E-state index contributed by atoms with van der Waals surface area (Å²) in [4.78, 5) is 16.0. The molecule has 1 aromatic carbocycles. The summed E-state index contributed by atoms with van der Waals surface area (Å²) in [5, 5.41) is 5.65. The Hall–Kier alpha value is -2.14. The lowest BCUT2D eigenvalue weighted by Gasteiger charge is -2.07. The zero-order valence-corrected chi connectivity index (χ0v) is 11.5. The van der Waals surface area contributed by atoms with Crippen LogP contribution < -0.4 is 10.1 Å². The smallest absolute Gasteiger partial charge is 0.248 e. The van der Waals surface area contributed by atoms with Gasteiger partial charge in [0.2, 0.25) is 5.91 Å². The van der Waals surface area contributed by atoms with Gasteiger partial charge >= 0.3 is 0 Å². The number of carbonyl (C=O) groups is 1. The summed E-state index contributed by atoms with van der Waals surface area (Å²) in [7, 11) is 1.57. The number of aryl methyl sites for hydroxylation is 1. The Morgan fingerprint density at radius 2 is 2.21 bits per heavy atom. The molecule has 0 atom stereocenters. The number of hydrogen-bond donors (Lipinski definition) is 1. The van der Waals surface area contributed by atoms with Gasteiger partial charge < -0.3 is 10.1 Å². The fraction of sp³-hybridized carbons (Fsp3) is 0.143. The number of thiazole rings is 1. The largest absolute Gasteiger partial charge is 0.495 e. The first-order valence-electron chi connectivity index (χ1n) is 5.73. The van der Waals surface area contributed by atoms with Gasteiger partial charge in [-0.2, -0.15) is 0 Å². The first-order chi connectivity index (χ1) is 9.19. The van der Waals surface area contributed by atoms with Crippen LogP contribution in [0, 0.1) is 6.92 Å². The predicted molar refractivity (Wildman–Crippen MR) is 77.5 cm³/mol. The van der Waals surface area contributed by atoms with Crippen LogP contribution in [0.3, 0.4) is 0 Å². The maximum absolute atomic E-state index is 11.8. The molecule has 0 unspecified atom stereocenters. The van der Waals surface area contributed by atoms with Crippen LogP contribution >= 0.6 is 11.3 Å². The monoisotopic (exact) mass is 274 g/mol. The van der Waals surface area contributed by atoms with Crippen LogP contribution in [0.4, 0.5) is 5.69 Å². The quantitative estimate of drug-likeness (QED) is 0.871. The van der Waals surface area contributed by atoms with Crippen molar-refractivity contribution >= 4 is 29.0 Å². The molecular weight excluding hydrogens is 260 g/mol. The molecule has 1 amide bonds. The van der Waals surface area contributed by atoms with Gasteiger partial charge in [0.1, 0.15) is 5.75 Å². The van der Waals surface area contributed by atoms with E-state index in [4.69, 9.17) is 4.74 Å². The Bertz CT molecular complexity index is 605. The maximum Gasteiger partial charge on any atom is 0.248 e. The fourth-order valence-corrected chi connectivity index (χ4v) is 2.12. The Kier molecular flexibility index (Phi) is 4.30. The lowest BCUT2D eigenvalue weighted by Crippen LogP contribution is -2.08. The first kappa shape index (κ1) is 13.3. The van der Waals surface area contributed by atoms with Crippen molar-refractivity contribution in [3.8, 4) is 5.75 Å². The number of para-hydroxylation sites is 2. The third kappa shape index (κ3) is 3.66. The molecule has 4 nitrogen and oxygen atoms in total. The molecule has 1 aromatic heterocycles. The molecule has 0 fully saturated rings. The van der Waals surface area contributed by atoms with Crippen molar-refractivity contribution in [3.63, 3.8) is 0 Å². The number of nitrogens with one attached hydrogen (secondary N) is 1. The van der Waals surface area contributed by atoms with E-state index in [1.807, 2.05) is 24.4 Å². The minimum atomic E-state index is -0.213. The molecule has 98 valence electrons. The summed E-state index contributed by atoms with van der Waals surface area (Å²) in [6.45, 7) is 1.93. The highest BCUT2D eigenvalue weighted by atomic mass is 32.1. The average Bonchev–Trinajstić information content (AvgIpc) is 2.83. The average molecular weight is 274 g/mol. The lowest BCUT2D eigenvalue weighted by molar-refractivity contribution is -0.111. The molecule has 2 rings (SSSR count). The number of methoxy groups -OCH3 is 1. The van der Waals surface area contributed by atoms with Crippen molar-refractivity contribution < 1.29 is 9.53 Å². The van der Waals surface area contributed by atoms with Gasteiger partial charge in [-0.25, -0.2) is 4.98 Å². The molecule has 0 saturated heterocycles. The number of hydrogen-bond acceptors (Lipinski definition) is 4. The SMILES string of the molecule is COc1ccccc1NC(=O)C=Cc1csc(C)n1. The van der Waals surface area contributed by atoms with Crippen LogP contribution in [0.2, 0.25) is 0 Å². The summed E-state index contributed by atoms with van der Waals surface area (Å²) < 4.78 is 5.16. The second-order valence-corrected chi connectivity index (χ2v) is 4.88. The van der Waals surface area contributed by atoms with Crippen LogP contribution in [0.25, 0.3) is 6.08 Å². The highest BCUT2D eigenvalue weighted by molar-refractivity contribution is 7.09. The molecule has 19 heavy (non-hydrogen) atoms. The third-order valence-electron chi connectivity index (χ3n) is 2.41. The molecule has 5 heteroatoms. The molecule has 0 radical (unpaired) electrons. The van der Waals surface area contributed by atoms with Gasteiger partial charge in [-0.1, -0.05) is 12.1 Å². The number of anilines is 1.